The Morgan fingerprint density at radius 1 is 1.12 bits per heavy atom. The molecule has 3 rings (SSSR count). The molecule has 0 amide bonds. The van der Waals surface area contributed by atoms with Crippen LogP contribution < -0.4 is 21.5 Å². The number of hydrogen-bond donors (Lipinski definition) is 6. The summed E-state index contributed by atoms with van der Waals surface area (Å²) in [6.45, 7) is -0.112. The van der Waals surface area contributed by atoms with Gasteiger partial charge in [0.25, 0.3) is 5.92 Å². The van der Waals surface area contributed by atoms with Crippen molar-refractivity contribution in [1.29, 1.82) is 0 Å². The number of rotatable bonds is 5. The van der Waals surface area contributed by atoms with E-state index in [1.807, 2.05) is 0 Å². The molecule has 25 heavy (non-hydrogen) atoms. The van der Waals surface area contributed by atoms with Crippen LogP contribution >= 0.6 is 11.6 Å². The Morgan fingerprint density at radius 2 is 1.92 bits per heavy atom. The molecule has 0 aromatic heterocycles. The van der Waals surface area contributed by atoms with Crippen molar-refractivity contribution < 1.29 is 19.0 Å². The van der Waals surface area contributed by atoms with Crippen molar-refractivity contribution in [3.63, 3.8) is 0 Å². The molecule has 0 bridgehead atoms. The zero-order chi connectivity index (χ0) is 18.0. The quantitative estimate of drug-likeness (QED) is 0.375. The number of aliphatic hydroxyl groups excluding tert-OH is 2. The Balaban J connectivity index is 1.65. The average molecular weight is 383 g/mol. The standard InChI is InChI=1S/C16H29ClF2N4O2/c17-9-1-2-11(13(25)5-9)14-10-3-4-20-6-12(10)15(23-22-14)21-7-16(18,19)8-24/h9-15,20-25H,1-8H2. The molecule has 3 fully saturated rings. The summed E-state index contributed by atoms with van der Waals surface area (Å²) in [4.78, 5) is 0. The lowest BCUT2D eigenvalue weighted by Gasteiger charge is -2.51. The molecule has 1 aliphatic carbocycles. The molecule has 146 valence electrons. The molecular formula is C16H29ClF2N4O2. The first-order chi connectivity index (χ1) is 11.9. The van der Waals surface area contributed by atoms with Gasteiger partial charge in [0.2, 0.25) is 0 Å². The number of aliphatic hydroxyl groups is 2. The molecule has 2 heterocycles. The molecule has 6 nitrogen and oxygen atoms in total. The fourth-order valence-electron chi connectivity index (χ4n) is 4.60. The third-order valence-corrected chi connectivity index (χ3v) is 6.35. The van der Waals surface area contributed by atoms with Gasteiger partial charge < -0.3 is 15.5 Å². The van der Waals surface area contributed by atoms with Crippen LogP contribution in [0.4, 0.5) is 8.78 Å². The number of fused-ring (bicyclic) bond motifs is 1. The number of halogens is 3. The van der Waals surface area contributed by atoms with Gasteiger partial charge >= 0.3 is 0 Å². The lowest BCUT2D eigenvalue weighted by atomic mass is 9.69. The monoisotopic (exact) mass is 382 g/mol. The lowest BCUT2D eigenvalue weighted by Crippen LogP contribution is -2.71. The molecule has 0 radical (unpaired) electrons. The molecule has 7 atom stereocenters. The van der Waals surface area contributed by atoms with Gasteiger partial charge in [-0.3, -0.25) is 10.7 Å². The molecule has 9 heteroatoms. The van der Waals surface area contributed by atoms with Crippen molar-refractivity contribution in [3.8, 4) is 0 Å². The maximum absolute atomic E-state index is 13.4. The van der Waals surface area contributed by atoms with Crippen molar-refractivity contribution in [2.75, 3.05) is 26.2 Å². The summed E-state index contributed by atoms with van der Waals surface area (Å²) in [7, 11) is 0. The Labute approximate surface area is 152 Å². The van der Waals surface area contributed by atoms with Crippen molar-refractivity contribution >= 4 is 11.6 Å². The van der Waals surface area contributed by atoms with Crippen LogP contribution in [0, 0.1) is 17.8 Å². The van der Waals surface area contributed by atoms with E-state index in [1.165, 1.54) is 0 Å². The highest BCUT2D eigenvalue weighted by Crippen LogP contribution is 2.38. The lowest BCUT2D eigenvalue weighted by molar-refractivity contribution is -0.0608. The maximum Gasteiger partial charge on any atom is 0.282 e. The van der Waals surface area contributed by atoms with Gasteiger partial charge in [-0.1, -0.05) is 0 Å². The number of hydrogen-bond acceptors (Lipinski definition) is 6. The molecule has 0 aromatic carbocycles. The first kappa shape index (κ1) is 19.7. The molecule has 6 N–H and O–H groups in total. The van der Waals surface area contributed by atoms with Crippen LogP contribution in [-0.2, 0) is 0 Å². The number of piperidine rings is 1. The SMILES string of the molecule is OCC(F)(F)CNC1NNC(C2CCC(Cl)CC2O)C2CCNCC12. The van der Waals surface area contributed by atoms with Gasteiger partial charge in [0.15, 0.2) is 0 Å². The van der Waals surface area contributed by atoms with Crippen LogP contribution in [0.15, 0.2) is 0 Å². The minimum atomic E-state index is -3.13. The van der Waals surface area contributed by atoms with Crippen molar-refractivity contribution in [2.24, 2.45) is 17.8 Å². The Bertz CT molecular complexity index is 448. The van der Waals surface area contributed by atoms with Crippen LogP contribution in [0.5, 0.6) is 0 Å². The molecule has 0 aromatic rings. The minimum Gasteiger partial charge on any atom is -0.393 e. The average Bonchev–Trinajstić information content (AvgIpc) is 2.60. The molecule has 2 aliphatic heterocycles. The van der Waals surface area contributed by atoms with E-state index in [4.69, 9.17) is 16.7 Å². The first-order valence-electron chi connectivity index (χ1n) is 9.17. The molecule has 1 saturated carbocycles. The van der Waals surface area contributed by atoms with Crippen LogP contribution in [0.1, 0.15) is 25.7 Å². The third-order valence-electron chi connectivity index (χ3n) is 5.96. The van der Waals surface area contributed by atoms with E-state index in [0.29, 0.717) is 6.42 Å². The number of hydrazine groups is 1. The van der Waals surface area contributed by atoms with Crippen LogP contribution in [0.3, 0.4) is 0 Å². The topological polar surface area (TPSA) is 88.6 Å². The highest BCUT2D eigenvalue weighted by molar-refractivity contribution is 6.20. The number of alkyl halides is 3. The summed E-state index contributed by atoms with van der Waals surface area (Å²) in [5, 5.41) is 25.4. The summed E-state index contributed by atoms with van der Waals surface area (Å²) in [6.07, 6.45) is 2.55. The Kier molecular flexibility index (Phi) is 6.52. The Hall–Kier alpha value is -0.0900. The zero-order valence-corrected chi connectivity index (χ0v) is 15.0. The summed E-state index contributed by atoms with van der Waals surface area (Å²) in [5.74, 6) is -2.59. The van der Waals surface area contributed by atoms with Crippen molar-refractivity contribution in [2.45, 2.75) is 55.3 Å². The second kappa shape index (κ2) is 8.29. The first-order valence-corrected chi connectivity index (χ1v) is 9.61. The number of nitrogens with one attached hydrogen (secondary N) is 4. The zero-order valence-electron chi connectivity index (χ0n) is 14.2. The highest BCUT2D eigenvalue weighted by atomic mass is 35.5. The fourth-order valence-corrected chi connectivity index (χ4v) is 4.90. The molecule has 7 unspecified atom stereocenters. The van der Waals surface area contributed by atoms with E-state index in [0.717, 1.165) is 32.4 Å². The minimum absolute atomic E-state index is 0.0294. The predicted octanol–water partition coefficient (Wildman–Crippen LogP) is 0.000200. The van der Waals surface area contributed by atoms with Crippen LogP contribution in [0.2, 0.25) is 0 Å². The third kappa shape index (κ3) is 4.61. The van der Waals surface area contributed by atoms with Crippen LogP contribution in [-0.4, -0.2) is 66.1 Å². The van der Waals surface area contributed by atoms with Gasteiger partial charge in [0, 0.05) is 29.8 Å². The van der Waals surface area contributed by atoms with E-state index in [2.05, 4.69) is 21.5 Å². The van der Waals surface area contributed by atoms with Crippen molar-refractivity contribution in [1.82, 2.24) is 21.5 Å². The Morgan fingerprint density at radius 3 is 2.64 bits per heavy atom. The smallest absolute Gasteiger partial charge is 0.282 e. The maximum atomic E-state index is 13.4. The summed E-state index contributed by atoms with van der Waals surface area (Å²) < 4.78 is 26.7. The van der Waals surface area contributed by atoms with E-state index in [-0.39, 0.29) is 35.3 Å². The van der Waals surface area contributed by atoms with Gasteiger partial charge in [0.1, 0.15) is 6.61 Å². The van der Waals surface area contributed by atoms with Gasteiger partial charge in [-0.15, -0.1) is 11.6 Å². The summed E-state index contributed by atoms with van der Waals surface area (Å²) >= 11 is 6.17. The second-order valence-corrected chi connectivity index (χ2v) is 8.27. The van der Waals surface area contributed by atoms with Gasteiger partial charge in [-0.05, 0) is 38.1 Å². The molecule has 2 saturated heterocycles. The van der Waals surface area contributed by atoms with Gasteiger partial charge in [-0.25, -0.2) is 14.2 Å². The highest BCUT2D eigenvalue weighted by Gasteiger charge is 2.46. The predicted molar refractivity (Wildman–Crippen MR) is 91.3 cm³/mol. The second-order valence-electron chi connectivity index (χ2n) is 7.65. The normalized spacial score (nSPS) is 42.8. The van der Waals surface area contributed by atoms with Gasteiger partial charge in [0.05, 0.1) is 18.8 Å². The fraction of sp³-hybridized carbons (Fsp3) is 1.00. The largest absolute Gasteiger partial charge is 0.393 e. The van der Waals surface area contributed by atoms with Gasteiger partial charge in [-0.2, -0.15) is 0 Å². The molecule has 3 aliphatic rings. The van der Waals surface area contributed by atoms with E-state index >= 15 is 0 Å². The van der Waals surface area contributed by atoms with E-state index < -0.39 is 25.2 Å². The summed E-state index contributed by atoms with van der Waals surface area (Å²) in [6, 6.07) is 0.0997. The van der Waals surface area contributed by atoms with Crippen LogP contribution in [0.25, 0.3) is 0 Å². The van der Waals surface area contributed by atoms with E-state index in [1.54, 1.807) is 0 Å². The molecule has 0 spiro atoms. The molecular weight excluding hydrogens is 354 g/mol. The summed E-state index contributed by atoms with van der Waals surface area (Å²) in [5.41, 5.74) is 6.42. The van der Waals surface area contributed by atoms with Crippen molar-refractivity contribution in [3.05, 3.63) is 0 Å². The van der Waals surface area contributed by atoms with E-state index in [9.17, 15) is 13.9 Å².